The van der Waals surface area contributed by atoms with Gasteiger partial charge in [-0.3, -0.25) is 0 Å². The molecule has 0 aliphatic carbocycles. The maximum atomic E-state index is 13.2. The van der Waals surface area contributed by atoms with Crippen molar-refractivity contribution in [3.63, 3.8) is 0 Å². The van der Waals surface area contributed by atoms with Gasteiger partial charge in [0.25, 0.3) is 0 Å². The molecule has 2 unspecified atom stereocenters. The molecule has 0 aromatic heterocycles. The highest BCUT2D eigenvalue weighted by atomic mass is 127. The molecule has 0 aliphatic rings. The van der Waals surface area contributed by atoms with Gasteiger partial charge in [0, 0.05) is 39.8 Å². The second-order valence-corrected chi connectivity index (χ2v) is 6.76. The smallest absolute Gasteiger partial charge is 0.129 e. The number of hydrogen-bond donors (Lipinski definition) is 2. The lowest BCUT2D eigenvalue weighted by Crippen LogP contribution is -2.38. The van der Waals surface area contributed by atoms with Crippen molar-refractivity contribution in [3.8, 4) is 5.75 Å². The summed E-state index contributed by atoms with van der Waals surface area (Å²) in [6.07, 6.45) is -1.02. The number of nitrogens with one attached hydrogen (secondary N) is 1. The Hall–Kier alpha value is -1.94. The molecule has 0 fully saturated rings. The van der Waals surface area contributed by atoms with E-state index in [1.807, 2.05) is 24.3 Å². The fourth-order valence-corrected chi connectivity index (χ4v) is 2.84. The van der Waals surface area contributed by atoms with Gasteiger partial charge in [0.05, 0.1) is 18.8 Å². The third-order valence-corrected chi connectivity index (χ3v) is 4.14. The number of nitrogens with zero attached hydrogens (tertiary/aromatic N) is 3. The number of halogens is 3. The van der Waals surface area contributed by atoms with Gasteiger partial charge in [0.15, 0.2) is 0 Å². The maximum absolute atomic E-state index is 13.2. The van der Waals surface area contributed by atoms with E-state index in [9.17, 15) is 13.9 Å². The lowest BCUT2D eigenvalue weighted by Gasteiger charge is -2.19. The Morgan fingerprint density at radius 1 is 1.23 bits per heavy atom. The molecule has 0 radical (unpaired) electrons. The van der Waals surface area contributed by atoms with Crippen LogP contribution in [-0.2, 0) is 6.54 Å². The molecule has 9 heteroatoms. The second-order valence-electron chi connectivity index (χ2n) is 5.52. The molecular formula is C17H17F2IN4O2. The first-order valence-corrected chi connectivity index (χ1v) is 8.82. The van der Waals surface area contributed by atoms with Crippen molar-refractivity contribution in [1.29, 1.82) is 0 Å². The van der Waals surface area contributed by atoms with Gasteiger partial charge >= 0.3 is 0 Å². The predicted octanol–water partition coefficient (Wildman–Crippen LogP) is 3.78. The van der Waals surface area contributed by atoms with Crippen LogP contribution in [0.15, 0.2) is 47.6 Å². The summed E-state index contributed by atoms with van der Waals surface area (Å²) in [5.41, 5.74) is 9.71. The number of benzene rings is 2. The number of azide groups is 1. The van der Waals surface area contributed by atoms with Crippen molar-refractivity contribution >= 4 is 22.6 Å². The zero-order valence-corrected chi connectivity index (χ0v) is 15.8. The Bertz CT molecular complexity index is 767. The number of aliphatic hydroxyl groups excluding tert-OH is 1. The van der Waals surface area contributed by atoms with Gasteiger partial charge in [-0.1, -0.05) is 17.2 Å². The highest BCUT2D eigenvalue weighted by Crippen LogP contribution is 2.16. The van der Waals surface area contributed by atoms with Crippen LogP contribution < -0.4 is 10.1 Å². The summed E-state index contributed by atoms with van der Waals surface area (Å²) in [6, 6.07) is 9.71. The van der Waals surface area contributed by atoms with Gasteiger partial charge in [-0.15, -0.1) is 0 Å². The molecule has 0 bridgehead atoms. The minimum atomic E-state index is -1.02. The number of hydrogen-bond acceptors (Lipinski definition) is 4. The van der Waals surface area contributed by atoms with Crippen molar-refractivity contribution in [2.75, 3.05) is 13.2 Å². The molecule has 2 atom stereocenters. The van der Waals surface area contributed by atoms with Gasteiger partial charge in [0.2, 0.25) is 0 Å². The predicted molar refractivity (Wildman–Crippen MR) is 102 cm³/mol. The minimum Gasteiger partial charge on any atom is -0.493 e. The molecule has 0 amide bonds. The van der Waals surface area contributed by atoms with E-state index >= 15 is 0 Å². The average Bonchev–Trinajstić information content (AvgIpc) is 2.57. The van der Waals surface area contributed by atoms with Crippen LogP contribution >= 0.6 is 22.6 Å². The van der Waals surface area contributed by atoms with E-state index in [1.54, 1.807) is 0 Å². The largest absolute Gasteiger partial charge is 0.493 e. The third-order valence-electron chi connectivity index (χ3n) is 3.47. The molecule has 2 N–H and O–H groups in total. The first-order valence-electron chi connectivity index (χ1n) is 7.74. The molecule has 2 rings (SSSR count). The Kier molecular flexibility index (Phi) is 8.05. The first kappa shape index (κ1) is 20.4. The quantitative estimate of drug-likeness (QED) is 0.251. The SMILES string of the molecule is [N-]=[N+]=NC(COc1cc(F)cc(F)c1)C(O)CNCc1cccc(I)c1. The van der Waals surface area contributed by atoms with Crippen LogP contribution in [0.2, 0.25) is 0 Å². The van der Waals surface area contributed by atoms with Crippen molar-refractivity contribution in [2.45, 2.75) is 18.7 Å². The Labute approximate surface area is 162 Å². The molecule has 138 valence electrons. The van der Waals surface area contributed by atoms with Crippen LogP contribution in [-0.4, -0.2) is 30.4 Å². The summed E-state index contributed by atoms with van der Waals surface area (Å²) in [7, 11) is 0. The summed E-state index contributed by atoms with van der Waals surface area (Å²) in [5.74, 6) is -1.60. The topological polar surface area (TPSA) is 90.3 Å². The van der Waals surface area contributed by atoms with Crippen LogP contribution in [0, 0.1) is 15.2 Å². The van der Waals surface area contributed by atoms with Crippen molar-refractivity contribution < 1.29 is 18.6 Å². The van der Waals surface area contributed by atoms with E-state index in [2.05, 4.69) is 37.9 Å². The molecule has 2 aromatic rings. The highest BCUT2D eigenvalue weighted by molar-refractivity contribution is 14.1. The molecular weight excluding hydrogens is 457 g/mol. The van der Waals surface area contributed by atoms with Crippen LogP contribution in [0.3, 0.4) is 0 Å². The molecule has 0 spiro atoms. The molecule has 0 saturated heterocycles. The van der Waals surface area contributed by atoms with E-state index in [0.717, 1.165) is 27.3 Å². The van der Waals surface area contributed by atoms with Crippen LogP contribution in [0.4, 0.5) is 8.78 Å². The van der Waals surface area contributed by atoms with Crippen molar-refractivity contribution in [2.24, 2.45) is 5.11 Å². The van der Waals surface area contributed by atoms with Crippen LogP contribution in [0.1, 0.15) is 5.56 Å². The molecule has 26 heavy (non-hydrogen) atoms. The number of rotatable bonds is 9. The van der Waals surface area contributed by atoms with Gasteiger partial charge in [-0.05, 0) is 45.8 Å². The normalized spacial score (nSPS) is 12.9. The summed E-state index contributed by atoms with van der Waals surface area (Å²) in [6.45, 7) is 0.488. The van der Waals surface area contributed by atoms with Gasteiger partial charge in [-0.2, -0.15) is 0 Å². The number of ether oxygens (including phenoxy) is 1. The minimum absolute atomic E-state index is 0.0420. The summed E-state index contributed by atoms with van der Waals surface area (Å²) >= 11 is 2.21. The van der Waals surface area contributed by atoms with E-state index in [-0.39, 0.29) is 18.9 Å². The van der Waals surface area contributed by atoms with Gasteiger partial charge < -0.3 is 15.2 Å². The lowest BCUT2D eigenvalue weighted by molar-refractivity contribution is 0.114. The standard InChI is InChI=1S/C17H17F2IN4O2/c18-12-5-13(19)7-15(6-12)26-10-16(23-24-21)17(25)9-22-8-11-2-1-3-14(20)4-11/h1-7,16-17,22,25H,8-10H2. The fraction of sp³-hybridized carbons (Fsp3) is 0.294. The van der Waals surface area contributed by atoms with E-state index < -0.39 is 23.8 Å². The zero-order chi connectivity index (χ0) is 18.9. The monoisotopic (exact) mass is 474 g/mol. The van der Waals surface area contributed by atoms with E-state index in [1.165, 1.54) is 0 Å². The molecule has 0 heterocycles. The van der Waals surface area contributed by atoms with Crippen molar-refractivity contribution in [3.05, 3.63) is 73.7 Å². The molecule has 2 aromatic carbocycles. The van der Waals surface area contributed by atoms with Gasteiger partial charge in [0.1, 0.15) is 17.4 Å². The fourth-order valence-electron chi connectivity index (χ4n) is 2.23. The molecule has 6 nitrogen and oxygen atoms in total. The highest BCUT2D eigenvalue weighted by Gasteiger charge is 2.19. The molecule has 0 aliphatic heterocycles. The second kappa shape index (κ2) is 10.3. The van der Waals surface area contributed by atoms with Crippen molar-refractivity contribution in [1.82, 2.24) is 5.32 Å². The van der Waals surface area contributed by atoms with E-state index in [4.69, 9.17) is 10.3 Å². The lowest BCUT2D eigenvalue weighted by atomic mass is 10.1. The zero-order valence-electron chi connectivity index (χ0n) is 13.6. The third kappa shape index (κ3) is 6.75. The Morgan fingerprint density at radius 2 is 1.96 bits per heavy atom. The summed E-state index contributed by atoms with van der Waals surface area (Å²) in [5, 5.41) is 16.8. The van der Waals surface area contributed by atoms with E-state index in [0.29, 0.717) is 6.54 Å². The average molecular weight is 474 g/mol. The Balaban J connectivity index is 1.87. The number of aliphatic hydroxyl groups is 1. The first-order chi connectivity index (χ1) is 12.5. The Morgan fingerprint density at radius 3 is 2.62 bits per heavy atom. The van der Waals surface area contributed by atoms with Crippen LogP contribution in [0.25, 0.3) is 10.4 Å². The van der Waals surface area contributed by atoms with Gasteiger partial charge in [-0.25, -0.2) is 8.78 Å². The summed E-state index contributed by atoms with van der Waals surface area (Å²) in [4.78, 5) is 2.69. The maximum Gasteiger partial charge on any atom is 0.129 e. The summed E-state index contributed by atoms with van der Waals surface area (Å²) < 4.78 is 32.7. The molecule has 0 saturated carbocycles. The van der Waals surface area contributed by atoms with Crippen LogP contribution in [0.5, 0.6) is 5.75 Å².